The number of ether oxygens (including phenoxy) is 1. The van der Waals surface area contributed by atoms with Crippen LogP contribution < -0.4 is 5.32 Å². The second-order valence-corrected chi connectivity index (χ2v) is 4.74. The fourth-order valence-electron chi connectivity index (χ4n) is 2.03. The summed E-state index contributed by atoms with van der Waals surface area (Å²) >= 11 is 0. The number of hydrogen-bond donors (Lipinski definition) is 1. The fraction of sp³-hybridized carbons (Fsp3) is 0.600. The molecule has 96 valence electrons. The molecule has 0 aliphatic heterocycles. The standard InChI is InChI=1S/C15H25NO/c1-5-8-16-15(11-17-4)10-14-9-12(2)6-7-13(14)3/h6-7,9,15-16H,5,8,10-11H2,1-4H3. The largest absolute Gasteiger partial charge is 0.383 e. The van der Waals surface area contributed by atoms with Gasteiger partial charge < -0.3 is 10.1 Å². The van der Waals surface area contributed by atoms with Gasteiger partial charge in [-0.1, -0.05) is 30.7 Å². The highest BCUT2D eigenvalue weighted by atomic mass is 16.5. The quantitative estimate of drug-likeness (QED) is 0.784. The minimum atomic E-state index is 0.417. The SMILES string of the molecule is CCCNC(COC)Cc1cc(C)ccc1C. The zero-order valence-electron chi connectivity index (χ0n) is 11.5. The van der Waals surface area contributed by atoms with Crippen molar-refractivity contribution in [3.8, 4) is 0 Å². The molecule has 0 saturated carbocycles. The average Bonchev–Trinajstić information content (AvgIpc) is 2.31. The number of hydrogen-bond acceptors (Lipinski definition) is 2. The number of nitrogens with one attached hydrogen (secondary N) is 1. The van der Waals surface area contributed by atoms with Gasteiger partial charge in [-0.2, -0.15) is 0 Å². The Morgan fingerprint density at radius 1 is 1.29 bits per heavy atom. The van der Waals surface area contributed by atoms with Gasteiger partial charge in [-0.15, -0.1) is 0 Å². The van der Waals surface area contributed by atoms with Crippen LogP contribution in [0.3, 0.4) is 0 Å². The van der Waals surface area contributed by atoms with E-state index in [4.69, 9.17) is 4.74 Å². The first kappa shape index (κ1) is 14.2. The van der Waals surface area contributed by atoms with Gasteiger partial charge in [0.05, 0.1) is 6.61 Å². The Bertz CT molecular complexity index is 336. The molecule has 1 aromatic rings. The Morgan fingerprint density at radius 2 is 2.06 bits per heavy atom. The van der Waals surface area contributed by atoms with Crippen molar-refractivity contribution in [1.29, 1.82) is 0 Å². The fourth-order valence-corrected chi connectivity index (χ4v) is 2.03. The van der Waals surface area contributed by atoms with Crippen LogP contribution in [0.15, 0.2) is 18.2 Å². The van der Waals surface area contributed by atoms with Crippen molar-refractivity contribution in [2.24, 2.45) is 0 Å². The summed E-state index contributed by atoms with van der Waals surface area (Å²) < 4.78 is 5.28. The second-order valence-electron chi connectivity index (χ2n) is 4.74. The summed E-state index contributed by atoms with van der Waals surface area (Å²) in [5.41, 5.74) is 4.13. The number of methoxy groups -OCH3 is 1. The minimum absolute atomic E-state index is 0.417. The van der Waals surface area contributed by atoms with E-state index in [9.17, 15) is 0 Å². The highest BCUT2D eigenvalue weighted by molar-refractivity contribution is 5.31. The van der Waals surface area contributed by atoms with Crippen molar-refractivity contribution in [1.82, 2.24) is 5.32 Å². The molecule has 2 heteroatoms. The van der Waals surface area contributed by atoms with Crippen LogP contribution in [0.2, 0.25) is 0 Å². The molecule has 1 atom stereocenters. The van der Waals surface area contributed by atoms with Crippen LogP contribution in [0.1, 0.15) is 30.0 Å². The topological polar surface area (TPSA) is 21.3 Å². The Morgan fingerprint density at radius 3 is 2.71 bits per heavy atom. The van der Waals surface area contributed by atoms with Crippen molar-refractivity contribution in [2.75, 3.05) is 20.3 Å². The Labute approximate surface area is 105 Å². The highest BCUT2D eigenvalue weighted by Crippen LogP contribution is 2.13. The lowest BCUT2D eigenvalue weighted by Gasteiger charge is -2.19. The molecule has 0 amide bonds. The van der Waals surface area contributed by atoms with E-state index >= 15 is 0 Å². The van der Waals surface area contributed by atoms with Gasteiger partial charge in [0.1, 0.15) is 0 Å². The molecular formula is C15H25NO. The molecule has 17 heavy (non-hydrogen) atoms. The van der Waals surface area contributed by atoms with Gasteiger partial charge in [-0.05, 0) is 44.4 Å². The van der Waals surface area contributed by atoms with Crippen molar-refractivity contribution in [3.05, 3.63) is 34.9 Å². The summed E-state index contributed by atoms with van der Waals surface area (Å²) in [5, 5.41) is 3.54. The van der Waals surface area contributed by atoms with Crippen LogP contribution in [0.4, 0.5) is 0 Å². The van der Waals surface area contributed by atoms with E-state index in [-0.39, 0.29) is 0 Å². The van der Waals surface area contributed by atoms with Gasteiger partial charge in [0.15, 0.2) is 0 Å². The van der Waals surface area contributed by atoms with E-state index in [1.807, 2.05) is 0 Å². The third-order valence-corrected chi connectivity index (χ3v) is 3.02. The van der Waals surface area contributed by atoms with Crippen LogP contribution in [0, 0.1) is 13.8 Å². The van der Waals surface area contributed by atoms with E-state index in [1.165, 1.54) is 16.7 Å². The molecular weight excluding hydrogens is 210 g/mol. The van der Waals surface area contributed by atoms with Crippen LogP contribution in [-0.2, 0) is 11.2 Å². The van der Waals surface area contributed by atoms with Gasteiger partial charge in [0, 0.05) is 13.2 Å². The van der Waals surface area contributed by atoms with Gasteiger partial charge in [-0.25, -0.2) is 0 Å². The van der Waals surface area contributed by atoms with Crippen molar-refractivity contribution < 1.29 is 4.74 Å². The first-order valence-electron chi connectivity index (χ1n) is 6.45. The van der Waals surface area contributed by atoms with Crippen LogP contribution in [0.25, 0.3) is 0 Å². The molecule has 0 bridgehead atoms. The average molecular weight is 235 g/mol. The lowest BCUT2D eigenvalue weighted by Crippen LogP contribution is -2.35. The summed E-state index contributed by atoms with van der Waals surface area (Å²) in [6, 6.07) is 7.07. The molecule has 0 aliphatic carbocycles. The minimum Gasteiger partial charge on any atom is -0.383 e. The maximum absolute atomic E-state index is 5.28. The van der Waals surface area contributed by atoms with E-state index in [0.29, 0.717) is 6.04 Å². The zero-order valence-corrected chi connectivity index (χ0v) is 11.5. The first-order valence-corrected chi connectivity index (χ1v) is 6.45. The van der Waals surface area contributed by atoms with E-state index in [0.717, 1.165) is 26.0 Å². The molecule has 0 aromatic heterocycles. The molecule has 0 radical (unpaired) electrons. The summed E-state index contributed by atoms with van der Waals surface area (Å²) in [6.45, 7) is 8.34. The maximum atomic E-state index is 5.28. The summed E-state index contributed by atoms with van der Waals surface area (Å²) in [7, 11) is 1.77. The lowest BCUT2D eigenvalue weighted by molar-refractivity contribution is 0.166. The molecule has 0 heterocycles. The predicted molar refractivity (Wildman–Crippen MR) is 73.6 cm³/mol. The molecule has 1 unspecified atom stereocenters. The molecule has 0 spiro atoms. The third-order valence-electron chi connectivity index (χ3n) is 3.02. The van der Waals surface area contributed by atoms with Crippen LogP contribution >= 0.6 is 0 Å². The molecule has 0 fully saturated rings. The van der Waals surface area contributed by atoms with E-state index in [1.54, 1.807) is 7.11 Å². The van der Waals surface area contributed by atoms with Gasteiger partial charge in [-0.3, -0.25) is 0 Å². The van der Waals surface area contributed by atoms with Crippen molar-refractivity contribution in [2.45, 2.75) is 39.7 Å². The molecule has 1 N–H and O–H groups in total. The normalized spacial score (nSPS) is 12.7. The second kappa shape index (κ2) is 7.46. The van der Waals surface area contributed by atoms with Gasteiger partial charge in [0.2, 0.25) is 0 Å². The molecule has 1 aromatic carbocycles. The Balaban J connectivity index is 2.67. The highest BCUT2D eigenvalue weighted by Gasteiger charge is 2.10. The lowest BCUT2D eigenvalue weighted by atomic mass is 9.99. The van der Waals surface area contributed by atoms with Crippen molar-refractivity contribution in [3.63, 3.8) is 0 Å². The van der Waals surface area contributed by atoms with Crippen molar-refractivity contribution >= 4 is 0 Å². The molecule has 1 rings (SSSR count). The molecule has 0 saturated heterocycles. The predicted octanol–water partition coefficient (Wildman–Crippen LogP) is 2.86. The number of rotatable bonds is 7. The van der Waals surface area contributed by atoms with E-state index in [2.05, 4.69) is 44.3 Å². The van der Waals surface area contributed by atoms with Gasteiger partial charge in [0.25, 0.3) is 0 Å². The number of aryl methyl sites for hydroxylation is 2. The molecule has 2 nitrogen and oxygen atoms in total. The molecule has 0 aliphatic rings. The van der Waals surface area contributed by atoms with Crippen LogP contribution in [0.5, 0.6) is 0 Å². The zero-order chi connectivity index (χ0) is 12.7. The monoisotopic (exact) mass is 235 g/mol. The summed E-state index contributed by atoms with van der Waals surface area (Å²) in [6.07, 6.45) is 2.20. The Hall–Kier alpha value is -0.860. The smallest absolute Gasteiger partial charge is 0.0619 e. The van der Waals surface area contributed by atoms with E-state index < -0.39 is 0 Å². The summed E-state index contributed by atoms with van der Waals surface area (Å²) in [5.74, 6) is 0. The maximum Gasteiger partial charge on any atom is 0.0619 e. The summed E-state index contributed by atoms with van der Waals surface area (Å²) in [4.78, 5) is 0. The third kappa shape index (κ3) is 4.88. The van der Waals surface area contributed by atoms with Crippen LogP contribution in [-0.4, -0.2) is 26.3 Å². The Kier molecular flexibility index (Phi) is 6.23. The first-order chi connectivity index (χ1) is 8.17. The van der Waals surface area contributed by atoms with Gasteiger partial charge >= 0.3 is 0 Å². The number of benzene rings is 1.